The van der Waals surface area contributed by atoms with Crippen molar-refractivity contribution in [2.24, 2.45) is 0 Å². The van der Waals surface area contributed by atoms with Gasteiger partial charge in [-0.25, -0.2) is 9.59 Å². The van der Waals surface area contributed by atoms with E-state index in [2.05, 4.69) is 18.7 Å². The minimum absolute atomic E-state index is 0.127. The van der Waals surface area contributed by atoms with E-state index in [0.717, 1.165) is 55.7 Å². The summed E-state index contributed by atoms with van der Waals surface area (Å²) in [4.78, 5) is 62.9. The largest absolute Gasteiger partial charge is 0.469 e. The van der Waals surface area contributed by atoms with Crippen LogP contribution in [0.5, 0.6) is 0 Å². The first-order valence-electron chi connectivity index (χ1n) is 17.2. The zero-order chi connectivity index (χ0) is 38.1. The SMILES string of the molecule is COC(=O)CCc1c(Cc2nc(Cc3[nH]c(C(=O)OC(C)(C)C)c(C)c3CCC(=O)OC)c3c2ccc2[nH]snc23)[nH]c(C(=O)OC(C)(C)C)c1C. The number of nitrogens with zero attached hydrogens (tertiary/aromatic N) is 2. The lowest BCUT2D eigenvalue weighted by molar-refractivity contribution is -0.141. The Morgan fingerprint density at radius 1 is 0.731 bits per heavy atom. The topological polar surface area (TPSA) is 178 Å². The number of nitrogens with one attached hydrogen (secondary N) is 3. The molecule has 0 bridgehead atoms. The minimum atomic E-state index is -0.707. The van der Waals surface area contributed by atoms with Crippen LogP contribution in [-0.4, -0.2) is 73.0 Å². The van der Waals surface area contributed by atoms with Gasteiger partial charge in [-0.2, -0.15) is 4.37 Å². The average Bonchev–Trinajstić information content (AvgIpc) is 3.81. The Kier molecular flexibility index (Phi) is 11.0. The zero-order valence-electron chi connectivity index (χ0n) is 31.5. The van der Waals surface area contributed by atoms with Crippen LogP contribution in [0.1, 0.15) is 120 Å². The van der Waals surface area contributed by atoms with Gasteiger partial charge in [0.05, 0.1) is 31.1 Å². The van der Waals surface area contributed by atoms with Crippen molar-refractivity contribution in [2.45, 2.75) is 105 Å². The highest BCUT2D eigenvalue weighted by Crippen LogP contribution is 2.35. The van der Waals surface area contributed by atoms with Crippen LogP contribution < -0.4 is 0 Å². The Morgan fingerprint density at radius 3 is 1.67 bits per heavy atom. The number of benzene rings is 1. The zero-order valence-corrected chi connectivity index (χ0v) is 32.3. The van der Waals surface area contributed by atoms with Crippen LogP contribution in [0.25, 0.3) is 21.8 Å². The maximum absolute atomic E-state index is 13.3. The van der Waals surface area contributed by atoms with Gasteiger partial charge in [-0.3, -0.25) is 18.9 Å². The summed E-state index contributed by atoms with van der Waals surface area (Å²) in [5.74, 6) is -1.70. The predicted octanol–water partition coefficient (Wildman–Crippen LogP) is 6.75. The Bertz CT molecular complexity index is 2150. The number of hydrogen-bond donors (Lipinski definition) is 3. The van der Waals surface area contributed by atoms with E-state index in [1.807, 2.05) is 67.5 Å². The first kappa shape index (κ1) is 38.3. The fraction of sp³-hybridized carbons (Fsp3) is 0.474. The lowest BCUT2D eigenvalue weighted by atomic mass is 9.99. The van der Waals surface area contributed by atoms with Crippen molar-refractivity contribution < 1.29 is 38.1 Å². The molecule has 278 valence electrons. The molecule has 0 aliphatic rings. The third-order valence-electron chi connectivity index (χ3n) is 8.78. The standard InChI is InChI=1S/C38H47N5O8S/c1-19-21(12-15-29(44)48-9)25(40-32(19)35(46)50-37(3,4)5)17-27-23-11-14-24-34(43-52-42-24)31(23)28(39-27)18-26-22(13-16-30(45)49-10)20(2)33(41-26)36(47)51-38(6,7)8/h11,14,40-42H,12-13,15-18H2,1-10H3. The lowest BCUT2D eigenvalue weighted by Gasteiger charge is -2.19. The van der Waals surface area contributed by atoms with E-state index in [1.165, 1.54) is 25.9 Å². The molecule has 0 amide bonds. The number of carbonyl (C=O) groups is 4. The van der Waals surface area contributed by atoms with E-state index in [9.17, 15) is 19.2 Å². The monoisotopic (exact) mass is 733 g/mol. The van der Waals surface area contributed by atoms with Gasteiger partial charge in [0.1, 0.15) is 28.1 Å². The van der Waals surface area contributed by atoms with Gasteiger partial charge in [0.25, 0.3) is 0 Å². The van der Waals surface area contributed by atoms with Gasteiger partial charge in [0, 0.05) is 59.6 Å². The first-order chi connectivity index (χ1) is 24.4. The van der Waals surface area contributed by atoms with Crippen LogP contribution in [-0.2, 0) is 54.2 Å². The lowest BCUT2D eigenvalue weighted by Crippen LogP contribution is -2.24. The van der Waals surface area contributed by atoms with Gasteiger partial charge in [-0.15, -0.1) is 0 Å². The summed E-state index contributed by atoms with van der Waals surface area (Å²) in [6.45, 7) is 14.5. The molecule has 0 radical (unpaired) electrons. The summed E-state index contributed by atoms with van der Waals surface area (Å²) in [5, 5.41) is 1.72. The number of carbonyl (C=O) groups excluding carboxylic acids is 4. The minimum Gasteiger partial charge on any atom is -0.469 e. The molecule has 4 aromatic heterocycles. The van der Waals surface area contributed by atoms with E-state index < -0.39 is 23.1 Å². The molecule has 0 spiro atoms. The molecule has 3 N–H and O–H groups in total. The fourth-order valence-electron chi connectivity index (χ4n) is 6.39. The summed E-state index contributed by atoms with van der Waals surface area (Å²) in [7, 11) is 2.69. The molecule has 5 aromatic rings. The van der Waals surface area contributed by atoms with Crippen molar-refractivity contribution in [3.8, 4) is 0 Å². The molecule has 5 rings (SSSR count). The van der Waals surface area contributed by atoms with Crippen LogP contribution >= 0.6 is 11.7 Å². The Hall–Kier alpha value is -4.98. The highest BCUT2D eigenvalue weighted by molar-refractivity contribution is 7.00. The molecule has 0 atom stereocenters. The molecule has 0 aliphatic carbocycles. The maximum atomic E-state index is 13.3. The molecule has 0 aliphatic heterocycles. The van der Waals surface area contributed by atoms with Crippen molar-refractivity contribution >= 4 is 57.4 Å². The van der Waals surface area contributed by atoms with Gasteiger partial charge < -0.3 is 28.9 Å². The average molecular weight is 734 g/mol. The van der Waals surface area contributed by atoms with Gasteiger partial charge in [0.2, 0.25) is 0 Å². The van der Waals surface area contributed by atoms with Gasteiger partial charge in [0.15, 0.2) is 0 Å². The molecule has 14 heteroatoms. The Balaban J connectivity index is 1.63. The molecule has 0 saturated carbocycles. The number of rotatable bonds is 12. The summed E-state index contributed by atoms with van der Waals surface area (Å²) in [6.07, 6.45) is 1.57. The van der Waals surface area contributed by atoms with Gasteiger partial charge >= 0.3 is 23.9 Å². The van der Waals surface area contributed by atoms with E-state index >= 15 is 0 Å². The van der Waals surface area contributed by atoms with E-state index in [-0.39, 0.29) is 24.8 Å². The van der Waals surface area contributed by atoms with Crippen molar-refractivity contribution in [3.63, 3.8) is 0 Å². The second-order valence-electron chi connectivity index (χ2n) is 14.8. The summed E-state index contributed by atoms with van der Waals surface area (Å²) in [5.41, 5.74) is 6.79. The predicted molar refractivity (Wildman–Crippen MR) is 197 cm³/mol. The van der Waals surface area contributed by atoms with Crippen molar-refractivity contribution in [1.29, 1.82) is 0 Å². The molecule has 1 aromatic carbocycles. The number of methoxy groups -OCH3 is 2. The summed E-state index contributed by atoms with van der Waals surface area (Å²) in [6, 6.07) is 3.96. The molecular formula is C38H47N5O8S. The number of fused-ring (bicyclic) bond motifs is 3. The molecule has 13 nitrogen and oxygen atoms in total. The number of aromatic nitrogens is 5. The molecular weight excluding hydrogens is 687 g/mol. The third kappa shape index (κ3) is 8.38. The summed E-state index contributed by atoms with van der Waals surface area (Å²) < 4.78 is 29.2. The van der Waals surface area contributed by atoms with Crippen LogP contribution in [0.4, 0.5) is 0 Å². The van der Waals surface area contributed by atoms with Gasteiger partial charge in [-0.05, 0) is 96.6 Å². The summed E-state index contributed by atoms with van der Waals surface area (Å²) >= 11 is 1.23. The molecule has 0 fully saturated rings. The number of H-pyrrole nitrogens is 3. The second kappa shape index (κ2) is 14.9. The maximum Gasteiger partial charge on any atom is 0.355 e. The highest BCUT2D eigenvalue weighted by atomic mass is 32.1. The van der Waals surface area contributed by atoms with Crippen LogP contribution in [0, 0.1) is 13.8 Å². The van der Waals surface area contributed by atoms with E-state index in [4.69, 9.17) is 23.9 Å². The van der Waals surface area contributed by atoms with Crippen molar-refractivity contribution in [3.05, 3.63) is 68.6 Å². The van der Waals surface area contributed by atoms with E-state index in [1.54, 1.807) is 0 Å². The fourth-order valence-corrected chi connectivity index (χ4v) is 6.98. The highest BCUT2D eigenvalue weighted by Gasteiger charge is 2.28. The molecule has 52 heavy (non-hydrogen) atoms. The smallest absolute Gasteiger partial charge is 0.355 e. The van der Waals surface area contributed by atoms with Crippen molar-refractivity contribution in [2.75, 3.05) is 14.2 Å². The number of ether oxygens (including phenoxy) is 4. The Morgan fingerprint density at radius 2 is 1.21 bits per heavy atom. The first-order valence-corrected chi connectivity index (χ1v) is 17.9. The second-order valence-corrected chi connectivity index (χ2v) is 15.4. The van der Waals surface area contributed by atoms with E-state index in [0.29, 0.717) is 48.2 Å². The third-order valence-corrected chi connectivity index (χ3v) is 9.37. The van der Waals surface area contributed by atoms with Crippen LogP contribution in [0.2, 0.25) is 0 Å². The quantitative estimate of drug-likeness (QED) is 0.0918. The molecule has 0 unspecified atom stereocenters. The number of aromatic amines is 3. The molecule has 0 saturated heterocycles. The number of esters is 4. The van der Waals surface area contributed by atoms with Crippen molar-refractivity contribution in [1.82, 2.24) is 23.7 Å². The normalized spacial score (nSPS) is 12.0. The van der Waals surface area contributed by atoms with Crippen LogP contribution in [0.15, 0.2) is 12.1 Å². The molecule has 4 heterocycles. The number of hydrogen-bond acceptors (Lipinski definition) is 11. The Labute approximate surface area is 306 Å². The van der Waals surface area contributed by atoms with Crippen LogP contribution in [0.3, 0.4) is 0 Å². The van der Waals surface area contributed by atoms with Gasteiger partial charge in [-0.1, -0.05) is 6.07 Å².